The molecular formula is C26H29N11O2. The van der Waals surface area contributed by atoms with E-state index in [9.17, 15) is 4.79 Å². The molecule has 1 aliphatic rings. The fourth-order valence-corrected chi connectivity index (χ4v) is 4.38. The number of carbonyl (C=O) groups excluding carboxylic acids is 1. The smallest absolute Gasteiger partial charge is 0.413 e. The van der Waals surface area contributed by atoms with E-state index in [4.69, 9.17) is 25.7 Å². The van der Waals surface area contributed by atoms with Gasteiger partial charge in [0.2, 0.25) is 5.82 Å². The summed E-state index contributed by atoms with van der Waals surface area (Å²) in [6, 6.07) is 11.0. The molecule has 0 atom stereocenters. The maximum absolute atomic E-state index is 12.4. The van der Waals surface area contributed by atoms with Gasteiger partial charge in [-0.1, -0.05) is 0 Å². The standard InChI is InChI=1S/C26H29N11O2/c1-26(2,3)39-25(38)35-19-7-6-18-24(34-19)37(23(32-18)17-5-4-11-30-22(17)28)36-13-9-16(10-14-36)31-20-8-12-29-21(15-27)33-20/h4-8,11-12,16H,9-10,13-14H2,1-3H3,(H2,28,30)(H,29,31,33)(H,34,35,38). The Hall–Kier alpha value is -4.99. The highest BCUT2D eigenvalue weighted by molar-refractivity contribution is 5.87. The molecule has 13 nitrogen and oxygen atoms in total. The molecule has 1 fully saturated rings. The van der Waals surface area contributed by atoms with Crippen molar-refractivity contribution in [1.82, 2.24) is 29.6 Å². The predicted molar refractivity (Wildman–Crippen MR) is 146 cm³/mol. The lowest BCUT2D eigenvalue weighted by atomic mass is 10.1. The number of nitrogens with two attached hydrogens (primary N) is 1. The SMILES string of the molecule is CC(C)(C)OC(=O)Nc1ccc2nc(-c3cccnc3N)n(N3CCC(Nc4ccnc(C#N)n4)CC3)c2n1. The minimum Gasteiger partial charge on any atom is -0.444 e. The molecule has 0 bridgehead atoms. The number of hydrogen-bond acceptors (Lipinski definition) is 11. The van der Waals surface area contributed by atoms with Gasteiger partial charge in [-0.2, -0.15) is 5.26 Å². The van der Waals surface area contributed by atoms with Crippen molar-refractivity contribution < 1.29 is 9.53 Å². The number of piperidine rings is 1. The van der Waals surface area contributed by atoms with Gasteiger partial charge in [0.05, 0.1) is 5.56 Å². The van der Waals surface area contributed by atoms with E-state index in [1.807, 2.05) is 22.9 Å². The average molecular weight is 528 g/mol. The van der Waals surface area contributed by atoms with Crippen LogP contribution in [0.5, 0.6) is 0 Å². The highest BCUT2D eigenvalue weighted by Gasteiger charge is 2.26. The van der Waals surface area contributed by atoms with Crippen LogP contribution in [0.25, 0.3) is 22.6 Å². The molecule has 5 rings (SSSR count). The molecule has 200 valence electrons. The van der Waals surface area contributed by atoms with Crippen LogP contribution in [0.4, 0.5) is 22.2 Å². The summed E-state index contributed by atoms with van der Waals surface area (Å²) < 4.78 is 7.33. The van der Waals surface area contributed by atoms with Crippen molar-refractivity contribution in [3.8, 4) is 17.5 Å². The van der Waals surface area contributed by atoms with Crippen molar-refractivity contribution in [3.63, 3.8) is 0 Å². The topological polar surface area (TPSA) is 173 Å². The number of aromatic nitrogens is 6. The zero-order chi connectivity index (χ0) is 27.6. The van der Waals surface area contributed by atoms with Crippen LogP contribution < -0.4 is 21.4 Å². The van der Waals surface area contributed by atoms with Crippen LogP contribution >= 0.6 is 0 Å². The second-order valence-corrected chi connectivity index (χ2v) is 10.1. The summed E-state index contributed by atoms with van der Waals surface area (Å²) in [5.41, 5.74) is 7.50. The fourth-order valence-electron chi connectivity index (χ4n) is 4.38. The van der Waals surface area contributed by atoms with E-state index in [1.165, 1.54) is 0 Å². The highest BCUT2D eigenvalue weighted by Crippen LogP contribution is 2.29. The summed E-state index contributed by atoms with van der Waals surface area (Å²) in [6.45, 7) is 6.76. The fraction of sp³-hybridized carbons (Fsp3) is 0.346. The van der Waals surface area contributed by atoms with Crippen LogP contribution in [0, 0.1) is 11.3 Å². The number of nitriles is 1. The van der Waals surface area contributed by atoms with E-state index in [-0.39, 0.29) is 11.9 Å². The number of nitrogens with zero attached hydrogens (tertiary/aromatic N) is 8. The third-order valence-corrected chi connectivity index (χ3v) is 6.05. The van der Waals surface area contributed by atoms with Crippen molar-refractivity contribution in [3.05, 3.63) is 48.5 Å². The van der Waals surface area contributed by atoms with E-state index in [0.29, 0.717) is 53.1 Å². The predicted octanol–water partition coefficient (Wildman–Crippen LogP) is 3.30. The maximum Gasteiger partial charge on any atom is 0.413 e. The van der Waals surface area contributed by atoms with Crippen LogP contribution in [0.1, 0.15) is 39.4 Å². The molecule has 0 spiro atoms. The third-order valence-electron chi connectivity index (χ3n) is 6.05. The lowest BCUT2D eigenvalue weighted by Gasteiger charge is -2.35. The first-order valence-electron chi connectivity index (χ1n) is 12.6. The second kappa shape index (κ2) is 10.4. The molecule has 1 amide bonds. The Bertz CT molecular complexity index is 1550. The van der Waals surface area contributed by atoms with E-state index >= 15 is 0 Å². The van der Waals surface area contributed by atoms with Crippen LogP contribution in [0.15, 0.2) is 42.7 Å². The number of ether oxygens (including phenoxy) is 1. The number of pyridine rings is 2. The summed E-state index contributed by atoms with van der Waals surface area (Å²) in [4.78, 5) is 34.3. The Morgan fingerprint density at radius 1 is 1.08 bits per heavy atom. The Labute approximate surface area is 225 Å². The van der Waals surface area contributed by atoms with Crippen LogP contribution in [-0.2, 0) is 4.74 Å². The number of fused-ring (bicyclic) bond motifs is 1. The summed E-state index contributed by atoms with van der Waals surface area (Å²) in [5.74, 6) is 2.06. The van der Waals surface area contributed by atoms with Gasteiger partial charge in [0.25, 0.3) is 0 Å². The van der Waals surface area contributed by atoms with Crippen molar-refractivity contribution in [2.45, 2.75) is 45.3 Å². The lowest BCUT2D eigenvalue weighted by Crippen LogP contribution is -2.45. The summed E-state index contributed by atoms with van der Waals surface area (Å²) in [7, 11) is 0. The molecule has 0 saturated carbocycles. The molecule has 0 radical (unpaired) electrons. The molecule has 0 unspecified atom stereocenters. The number of imidazole rings is 1. The quantitative estimate of drug-likeness (QED) is 0.347. The molecule has 4 aromatic rings. The monoisotopic (exact) mass is 527 g/mol. The number of amides is 1. The van der Waals surface area contributed by atoms with E-state index in [2.05, 4.69) is 30.6 Å². The maximum atomic E-state index is 12.4. The minimum atomic E-state index is -0.638. The van der Waals surface area contributed by atoms with Gasteiger partial charge in [0.15, 0.2) is 11.5 Å². The Kier molecular flexibility index (Phi) is 6.84. The largest absolute Gasteiger partial charge is 0.444 e. The molecule has 5 heterocycles. The molecule has 1 aliphatic heterocycles. The van der Waals surface area contributed by atoms with Gasteiger partial charge < -0.3 is 20.8 Å². The molecule has 13 heteroatoms. The minimum absolute atomic E-state index is 0.128. The molecule has 0 aromatic carbocycles. The average Bonchev–Trinajstić information content (AvgIpc) is 3.27. The number of nitrogen functional groups attached to an aromatic ring is 1. The molecule has 1 saturated heterocycles. The number of anilines is 3. The van der Waals surface area contributed by atoms with Gasteiger partial charge in [-0.3, -0.25) is 5.32 Å². The summed E-state index contributed by atoms with van der Waals surface area (Å²) in [5, 5.41) is 17.4. The van der Waals surface area contributed by atoms with Gasteiger partial charge in [-0.05, 0) is 63.9 Å². The van der Waals surface area contributed by atoms with Gasteiger partial charge in [-0.15, -0.1) is 0 Å². The van der Waals surface area contributed by atoms with Crippen LogP contribution in [-0.4, -0.2) is 60.4 Å². The van der Waals surface area contributed by atoms with Gasteiger partial charge in [-0.25, -0.2) is 34.4 Å². The van der Waals surface area contributed by atoms with Crippen molar-refractivity contribution in [1.29, 1.82) is 5.26 Å². The van der Waals surface area contributed by atoms with E-state index in [0.717, 1.165) is 12.8 Å². The Morgan fingerprint density at radius 3 is 2.59 bits per heavy atom. The van der Waals surface area contributed by atoms with Gasteiger partial charge in [0, 0.05) is 31.5 Å². The van der Waals surface area contributed by atoms with E-state index in [1.54, 1.807) is 51.4 Å². The van der Waals surface area contributed by atoms with Crippen molar-refractivity contribution in [2.75, 3.05) is 34.5 Å². The van der Waals surface area contributed by atoms with Crippen LogP contribution in [0.3, 0.4) is 0 Å². The first-order chi connectivity index (χ1) is 18.7. The zero-order valence-corrected chi connectivity index (χ0v) is 21.9. The van der Waals surface area contributed by atoms with Gasteiger partial charge in [0.1, 0.15) is 34.6 Å². The first-order valence-corrected chi connectivity index (χ1v) is 12.6. The van der Waals surface area contributed by atoms with Crippen LogP contribution in [0.2, 0.25) is 0 Å². The second-order valence-electron chi connectivity index (χ2n) is 10.1. The molecular weight excluding hydrogens is 498 g/mol. The number of nitrogens with one attached hydrogen (secondary N) is 2. The Balaban J connectivity index is 1.44. The number of carbonyl (C=O) groups is 1. The highest BCUT2D eigenvalue weighted by atomic mass is 16.6. The number of hydrogen-bond donors (Lipinski definition) is 3. The van der Waals surface area contributed by atoms with Gasteiger partial charge >= 0.3 is 6.09 Å². The van der Waals surface area contributed by atoms with Crippen molar-refractivity contribution in [2.24, 2.45) is 0 Å². The normalized spacial score (nSPS) is 14.2. The molecule has 39 heavy (non-hydrogen) atoms. The molecule has 4 N–H and O–H groups in total. The lowest BCUT2D eigenvalue weighted by molar-refractivity contribution is 0.0635. The Morgan fingerprint density at radius 2 is 1.87 bits per heavy atom. The molecule has 4 aromatic heterocycles. The van der Waals surface area contributed by atoms with E-state index < -0.39 is 11.7 Å². The van der Waals surface area contributed by atoms with Crippen molar-refractivity contribution >= 4 is 34.7 Å². The first kappa shape index (κ1) is 25.7. The molecule has 0 aliphatic carbocycles. The zero-order valence-electron chi connectivity index (χ0n) is 21.9. The third kappa shape index (κ3) is 5.80. The summed E-state index contributed by atoms with van der Waals surface area (Å²) in [6.07, 6.45) is 4.20. The summed E-state index contributed by atoms with van der Waals surface area (Å²) >= 11 is 0. The number of rotatable bonds is 5.